The van der Waals surface area contributed by atoms with Crippen molar-refractivity contribution in [2.45, 2.75) is 63.2 Å². The summed E-state index contributed by atoms with van der Waals surface area (Å²) in [5, 5.41) is 31.5. The highest BCUT2D eigenvalue weighted by Crippen LogP contribution is 2.60. The second kappa shape index (κ2) is 16.0. The molecule has 0 saturated carbocycles. The van der Waals surface area contributed by atoms with Gasteiger partial charge in [0.25, 0.3) is 17.5 Å². The summed E-state index contributed by atoms with van der Waals surface area (Å²) in [4.78, 5) is 45.1. The lowest BCUT2D eigenvalue weighted by molar-refractivity contribution is -0.385. The van der Waals surface area contributed by atoms with Crippen LogP contribution in [0.25, 0.3) is 0 Å². The highest BCUT2D eigenvalue weighted by atomic mass is 28.3. The van der Waals surface area contributed by atoms with Gasteiger partial charge >= 0.3 is 0 Å². The number of methoxy groups -OCH3 is 1. The Morgan fingerprint density at radius 3 is 2.44 bits per heavy atom. The number of nitro benzene ring substituents is 1. The van der Waals surface area contributed by atoms with Crippen molar-refractivity contribution in [2.75, 3.05) is 23.5 Å². The highest BCUT2D eigenvalue weighted by molar-refractivity contribution is 6.91. The molecule has 0 unspecified atom stereocenters. The van der Waals surface area contributed by atoms with Crippen LogP contribution in [0.15, 0.2) is 121 Å². The topological polar surface area (TPSA) is 162 Å². The fraction of sp³-hybridized carbons (Fsp3) is 0.277. The average molecular weight is 851 g/mol. The Hall–Kier alpha value is -6.68. The van der Waals surface area contributed by atoms with E-state index in [9.17, 15) is 20.0 Å². The van der Waals surface area contributed by atoms with Crippen LogP contribution < -0.4 is 24.5 Å². The van der Waals surface area contributed by atoms with Gasteiger partial charge in [-0.25, -0.2) is 0 Å². The summed E-state index contributed by atoms with van der Waals surface area (Å²) in [5.41, 5.74) is 2.15. The molecule has 0 aliphatic carbocycles. The number of carbonyl (C=O) groups excluding carboxylic acids is 2. The lowest BCUT2D eigenvalue weighted by atomic mass is 9.82. The molecule has 4 atom stereocenters. The van der Waals surface area contributed by atoms with E-state index in [1.54, 1.807) is 45.9 Å². The van der Waals surface area contributed by atoms with Crippen molar-refractivity contribution in [3.8, 4) is 17.2 Å². The molecule has 3 aliphatic rings. The Bertz CT molecular complexity index is 2710. The number of aromatic nitrogens is 3. The smallest absolute Gasteiger partial charge is 0.269 e. The standard InChI is InChI=1S/C47H46N6O8Si/c1-30-44(62(3,4)36-19-17-35(59-2)18-20-36)43(22-24-50-29-32(23-25-54)48-49-50)61-47(30)38-27-34(53(57)58)16-21-39(38)51(46(47)56)28-31-10-9-11-33(26-31)52-40-13-6-8-15-42(40)60-41-14-7-5-12-37(41)45(52)55/h5-21,26-27,29-30,43-44,54H,22-25,28H2,1-4H3/t30-,43+,44-,47+/m1/s1. The predicted octanol–water partition coefficient (Wildman–Crippen LogP) is 7.67. The Morgan fingerprint density at radius 1 is 0.919 bits per heavy atom. The summed E-state index contributed by atoms with van der Waals surface area (Å²) in [5.74, 6) is 0.740. The van der Waals surface area contributed by atoms with Crippen LogP contribution in [-0.2, 0) is 34.6 Å². The van der Waals surface area contributed by atoms with Gasteiger partial charge in [0.1, 0.15) is 11.5 Å². The summed E-state index contributed by atoms with van der Waals surface area (Å²) in [6, 6.07) is 34.6. The molecule has 62 heavy (non-hydrogen) atoms. The number of hydrogen-bond acceptors (Lipinski definition) is 10. The van der Waals surface area contributed by atoms with Gasteiger partial charge in [-0.3, -0.25) is 29.3 Å². The molecule has 316 valence electrons. The van der Waals surface area contributed by atoms with E-state index >= 15 is 4.79 Å². The van der Waals surface area contributed by atoms with E-state index < -0.39 is 30.6 Å². The Morgan fingerprint density at radius 2 is 1.68 bits per heavy atom. The Balaban J connectivity index is 1.11. The van der Waals surface area contributed by atoms with Gasteiger partial charge in [0.2, 0.25) is 0 Å². The Kier molecular flexibility index (Phi) is 10.5. The number of anilines is 3. The van der Waals surface area contributed by atoms with E-state index in [2.05, 4.69) is 35.5 Å². The van der Waals surface area contributed by atoms with E-state index in [0.717, 1.165) is 16.5 Å². The van der Waals surface area contributed by atoms with Crippen LogP contribution in [0.2, 0.25) is 18.6 Å². The molecule has 0 bridgehead atoms. The highest BCUT2D eigenvalue weighted by Gasteiger charge is 2.66. The average Bonchev–Trinajstić information content (AvgIpc) is 3.90. The molecule has 15 heteroatoms. The molecule has 5 aromatic carbocycles. The molecule has 1 fully saturated rings. The van der Waals surface area contributed by atoms with Gasteiger partial charge < -0.3 is 24.2 Å². The van der Waals surface area contributed by atoms with Crippen molar-refractivity contribution in [1.29, 1.82) is 0 Å². The molecule has 1 aromatic heterocycles. The number of nitrogens with zero attached hydrogens (tertiary/aromatic N) is 6. The second-order valence-corrected chi connectivity index (χ2v) is 21.3. The van der Waals surface area contributed by atoms with Gasteiger partial charge in [0.05, 0.1) is 55.4 Å². The number of aliphatic hydroxyl groups excluding tert-OH is 1. The number of rotatable bonds is 12. The number of nitro groups is 1. The van der Waals surface area contributed by atoms with Crippen LogP contribution >= 0.6 is 0 Å². The zero-order valence-corrected chi connectivity index (χ0v) is 35.8. The zero-order valence-electron chi connectivity index (χ0n) is 34.8. The number of para-hydroxylation sites is 3. The molecule has 1 saturated heterocycles. The van der Waals surface area contributed by atoms with Crippen molar-refractivity contribution in [1.82, 2.24) is 15.0 Å². The van der Waals surface area contributed by atoms with Gasteiger partial charge in [0.15, 0.2) is 11.4 Å². The number of carbonyl (C=O) groups is 2. The minimum absolute atomic E-state index is 0.0452. The van der Waals surface area contributed by atoms with E-state index in [0.29, 0.717) is 64.8 Å². The minimum Gasteiger partial charge on any atom is -0.497 e. The molecule has 6 aromatic rings. The van der Waals surface area contributed by atoms with E-state index in [1.807, 2.05) is 79.9 Å². The van der Waals surface area contributed by atoms with Crippen molar-refractivity contribution < 1.29 is 33.8 Å². The molecule has 4 heterocycles. The first kappa shape index (κ1) is 40.7. The van der Waals surface area contributed by atoms with Crippen molar-refractivity contribution >= 4 is 47.8 Å². The summed E-state index contributed by atoms with van der Waals surface area (Å²) in [6.45, 7) is 7.11. The van der Waals surface area contributed by atoms with Crippen LogP contribution in [0.3, 0.4) is 0 Å². The number of aliphatic hydroxyl groups is 1. The van der Waals surface area contributed by atoms with Crippen molar-refractivity contribution in [2.24, 2.45) is 5.92 Å². The van der Waals surface area contributed by atoms with Crippen LogP contribution in [0.1, 0.15) is 40.5 Å². The SMILES string of the molecule is COc1ccc([Si](C)(C)[C@H]2[C@H](CCn3cc(CCO)nn3)O[C@@]3(C(=O)N(Cc4cccc(N5C(=O)c6ccccc6Oc6ccccc65)c4)c4ccc([N+](=O)[O-])cc43)[C@@H]2C)cc1. The fourth-order valence-corrected chi connectivity index (χ4v) is 13.9. The number of hydrogen-bond donors (Lipinski definition) is 1. The van der Waals surface area contributed by atoms with Gasteiger partial charge in [-0.2, -0.15) is 0 Å². The van der Waals surface area contributed by atoms with Crippen LogP contribution in [-0.4, -0.2) is 64.7 Å². The first-order chi connectivity index (χ1) is 29.9. The molecular weight excluding hydrogens is 805 g/mol. The number of fused-ring (bicyclic) bond motifs is 4. The van der Waals surface area contributed by atoms with Crippen LogP contribution in [0.4, 0.5) is 22.7 Å². The molecule has 2 amide bonds. The van der Waals surface area contributed by atoms with Crippen LogP contribution in [0.5, 0.6) is 17.2 Å². The number of non-ortho nitro benzene ring substituents is 1. The lowest BCUT2D eigenvalue weighted by Crippen LogP contribution is -2.51. The summed E-state index contributed by atoms with van der Waals surface area (Å²) in [7, 11) is -0.901. The van der Waals surface area contributed by atoms with Crippen molar-refractivity contribution in [3.63, 3.8) is 0 Å². The van der Waals surface area contributed by atoms with Gasteiger partial charge in [-0.15, -0.1) is 5.10 Å². The van der Waals surface area contributed by atoms with Gasteiger partial charge in [0, 0.05) is 55.1 Å². The quantitative estimate of drug-likeness (QED) is 0.0735. The number of ether oxygens (including phenoxy) is 3. The van der Waals surface area contributed by atoms with Crippen LogP contribution in [0, 0.1) is 16.0 Å². The lowest BCUT2D eigenvalue weighted by Gasteiger charge is -2.37. The second-order valence-electron chi connectivity index (χ2n) is 16.6. The molecule has 9 rings (SSSR count). The van der Waals surface area contributed by atoms with E-state index in [1.165, 1.54) is 12.1 Å². The zero-order chi connectivity index (χ0) is 43.3. The predicted molar refractivity (Wildman–Crippen MR) is 235 cm³/mol. The number of amides is 2. The number of aryl methyl sites for hydroxylation is 1. The molecule has 1 spiro atoms. The molecule has 1 N–H and O–H groups in total. The molecule has 3 aliphatic heterocycles. The third-order valence-corrected chi connectivity index (χ3v) is 17.1. The fourth-order valence-electron chi connectivity index (χ4n) is 9.82. The van der Waals surface area contributed by atoms with Crippen molar-refractivity contribution in [3.05, 3.63) is 154 Å². The Labute approximate surface area is 359 Å². The molecule has 0 radical (unpaired) electrons. The van der Waals surface area contributed by atoms with Gasteiger partial charge in [-0.05, 0) is 72.1 Å². The van der Waals surface area contributed by atoms with E-state index in [-0.39, 0.29) is 36.2 Å². The summed E-state index contributed by atoms with van der Waals surface area (Å²) < 4.78 is 20.7. The molecular formula is C47H46N6O8Si. The normalized spacial score (nSPS) is 20.4. The van der Waals surface area contributed by atoms with Gasteiger partial charge in [-0.1, -0.05) is 78.9 Å². The number of benzene rings is 5. The maximum atomic E-state index is 15.6. The third kappa shape index (κ3) is 6.82. The first-order valence-electron chi connectivity index (χ1n) is 20.7. The largest absolute Gasteiger partial charge is 0.497 e. The summed E-state index contributed by atoms with van der Waals surface area (Å²) in [6.07, 6.45) is 2.23. The maximum absolute atomic E-state index is 15.6. The third-order valence-electron chi connectivity index (χ3n) is 12.8. The minimum atomic E-state index is -2.53. The maximum Gasteiger partial charge on any atom is 0.269 e. The monoisotopic (exact) mass is 850 g/mol. The summed E-state index contributed by atoms with van der Waals surface area (Å²) >= 11 is 0. The molecule has 14 nitrogen and oxygen atoms in total. The van der Waals surface area contributed by atoms with E-state index in [4.69, 9.17) is 14.2 Å². The first-order valence-corrected chi connectivity index (χ1v) is 23.7.